The Kier molecular flexibility index (Phi) is 7.01. The molecule has 0 saturated heterocycles. The van der Waals surface area contributed by atoms with Crippen LogP contribution in [0.1, 0.15) is 48.0 Å². The molecule has 7 nitrogen and oxygen atoms in total. The van der Waals surface area contributed by atoms with Gasteiger partial charge < -0.3 is 9.11 Å². The van der Waals surface area contributed by atoms with Crippen molar-refractivity contribution in [3.05, 3.63) is 22.8 Å². The Morgan fingerprint density at radius 2 is 1.65 bits per heavy atom. The van der Waals surface area contributed by atoms with E-state index in [-0.39, 0.29) is 12.3 Å². The van der Waals surface area contributed by atoms with Crippen molar-refractivity contribution in [3.8, 4) is 0 Å². The molecule has 26 heavy (non-hydrogen) atoms. The van der Waals surface area contributed by atoms with Crippen LogP contribution >= 0.6 is 0 Å². The normalized spacial score (nSPS) is 18.3. The molecule has 0 radical (unpaired) electrons. The summed E-state index contributed by atoms with van der Waals surface area (Å²) in [5, 5.41) is 0. The van der Waals surface area contributed by atoms with Gasteiger partial charge in [-0.2, -0.15) is 0 Å². The van der Waals surface area contributed by atoms with Gasteiger partial charge in [0.15, 0.2) is 11.3 Å². The Morgan fingerprint density at radius 3 is 2.04 bits per heavy atom. The molecule has 0 amide bonds. The molecule has 0 fully saturated rings. The van der Waals surface area contributed by atoms with Crippen LogP contribution in [0.3, 0.4) is 0 Å². The molecular weight excluding hydrogens is 378 g/mol. The number of hydrogen-bond donors (Lipinski definition) is 0. The van der Waals surface area contributed by atoms with Crippen molar-refractivity contribution in [1.82, 2.24) is 0 Å². The quantitative estimate of drug-likeness (QED) is 0.468. The molecule has 0 aliphatic carbocycles. The average molecular weight is 407 g/mol. The average Bonchev–Trinajstić information content (AvgIpc) is 2.35. The van der Waals surface area contributed by atoms with Gasteiger partial charge in [0.05, 0.1) is 26.0 Å². The van der Waals surface area contributed by atoms with E-state index in [1.54, 1.807) is 6.08 Å². The van der Waals surface area contributed by atoms with Gasteiger partial charge in [-0.15, -0.1) is 0 Å². The molecule has 0 saturated carbocycles. The van der Waals surface area contributed by atoms with Gasteiger partial charge in [-0.1, -0.05) is 19.4 Å². The highest BCUT2D eigenvalue weighted by atomic mass is 32.2. The highest BCUT2D eigenvalue weighted by molar-refractivity contribution is 7.86. The minimum absolute atomic E-state index is 0.0149. The molecule has 0 N–H and O–H groups in total. The van der Waals surface area contributed by atoms with Crippen LogP contribution in [0.5, 0.6) is 0 Å². The van der Waals surface area contributed by atoms with Crippen LogP contribution in [0.4, 0.5) is 0 Å². The zero-order chi connectivity index (χ0) is 20.5. The van der Waals surface area contributed by atoms with E-state index in [1.807, 2.05) is 46.1 Å². The SMILES string of the molecule is CC(C)=C1C(CS(=O)(=O)[O-])=CC(C)(C)[N+](CCCS(=O)(=O)[O-])=C1C(C)C. The largest absolute Gasteiger partial charge is 0.748 e. The Labute approximate surface area is 157 Å². The van der Waals surface area contributed by atoms with Crippen molar-refractivity contribution in [1.29, 1.82) is 0 Å². The standard InChI is InChI=1S/C17H29NO6S2/c1-12(2)15-14(11-26(22,23)24)10-17(5,6)18(16(15)13(3)4)8-7-9-25(19,20)21/h10,13H,7-9,11H2,1-6H3,(H-,19,20,21,22,23,24)/p-1. The van der Waals surface area contributed by atoms with E-state index in [9.17, 15) is 25.9 Å². The van der Waals surface area contributed by atoms with Crippen molar-refractivity contribution >= 4 is 25.9 Å². The molecule has 0 unspecified atom stereocenters. The van der Waals surface area contributed by atoms with Crippen molar-refractivity contribution < 1.29 is 30.5 Å². The minimum atomic E-state index is -4.45. The summed E-state index contributed by atoms with van der Waals surface area (Å²) in [6, 6.07) is 0. The monoisotopic (exact) mass is 406 g/mol. The highest BCUT2D eigenvalue weighted by Crippen LogP contribution is 2.32. The number of hydrogen-bond acceptors (Lipinski definition) is 6. The molecule has 0 aromatic heterocycles. The number of nitrogens with zero attached hydrogens (tertiary/aromatic N) is 1. The second-order valence-corrected chi connectivity index (χ2v) is 10.6. The van der Waals surface area contributed by atoms with Crippen LogP contribution in [0.25, 0.3) is 0 Å². The van der Waals surface area contributed by atoms with E-state index >= 15 is 0 Å². The Morgan fingerprint density at radius 1 is 1.12 bits per heavy atom. The maximum atomic E-state index is 11.4. The fourth-order valence-corrected chi connectivity index (χ4v) is 4.57. The van der Waals surface area contributed by atoms with Crippen molar-refractivity contribution in [3.63, 3.8) is 0 Å². The van der Waals surface area contributed by atoms with Gasteiger partial charge in [0, 0.05) is 37.5 Å². The second kappa shape index (κ2) is 7.92. The van der Waals surface area contributed by atoms with Gasteiger partial charge in [-0.25, -0.2) is 21.4 Å². The topological polar surface area (TPSA) is 117 Å². The third kappa shape index (κ3) is 6.29. The highest BCUT2D eigenvalue weighted by Gasteiger charge is 2.40. The molecule has 0 atom stereocenters. The van der Waals surface area contributed by atoms with Gasteiger partial charge in [0.2, 0.25) is 0 Å². The molecule has 0 aromatic carbocycles. The molecule has 1 heterocycles. The van der Waals surface area contributed by atoms with Crippen LogP contribution in [-0.2, 0) is 20.2 Å². The van der Waals surface area contributed by atoms with Crippen molar-refractivity contribution in [2.45, 2.75) is 53.5 Å². The number of allylic oxidation sites excluding steroid dienone is 2. The first-order chi connectivity index (χ1) is 11.6. The molecule has 1 aliphatic rings. The van der Waals surface area contributed by atoms with E-state index in [0.29, 0.717) is 12.1 Å². The summed E-state index contributed by atoms with van der Waals surface area (Å²) in [4.78, 5) is 0. The van der Waals surface area contributed by atoms with Gasteiger partial charge in [-0.05, 0) is 25.5 Å². The molecule has 9 heteroatoms. The zero-order valence-electron chi connectivity index (χ0n) is 16.2. The maximum absolute atomic E-state index is 11.4. The van der Waals surface area contributed by atoms with Crippen LogP contribution in [0.15, 0.2) is 22.8 Å². The Balaban J connectivity index is 3.51. The van der Waals surface area contributed by atoms with E-state index in [4.69, 9.17) is 0 Å². The summed E-state index contributed by atoms with van der Waals surface area (Å²) < 4.78 is 68.9. The molecule has 1 aliphatic heterocycles. The molecule has 1 rings (SSSR count). The van der Waals surface area contributed by atoms with E-state index in [0.717, 1.165) is 16.9 Å². The van der Waals surface area contributed by atoms with E-state index in [2.05, 4.69) is 0 Å². The summed E-state index contributed by atoms with van der Waals surface area (Å²) in [6.07, 6.45) is 1.92. The third-order valence-corrected chi connectivity index (χ3v) is 5.70. The predicted molar refractivity (Wildman–Crippen MR) is 99.3 cm³/mol. The summed E-state index contributed by atoms with van der Waals surface area (Å²) in [6.45, 7) is 11.7. The van der Waals surface area contributed by atoms with E-state index < -0.39 is 37.3 Å². The van der Waals surface area contributed by atoms with E-state index in [1.165, 1.54) is 0 Å². The lowest BCUT2D eigenvalue weighted by Gasteiger charge is -2.32. The number of rotatable bonds is 7. The molecule has 0 spiro atoms. The fraction of sp³-hybridized carbons (Fsp3) is 0.706. The van der Waals surface area contributed by atoms with Gasteiger partial charge >= 0.3 is 0 Å². The molecule has 150 valence electrons. The third-order valence-electron chi connectivity index (χ3n) is 4.25. The molecule has 0 bridgehead atoms. The van der Waals surface area contributed by atoms with Gasteiger partial charge in [-0.3, -0.25) is 0 Å². The van der Waals surface area contributed by atoms with Crippen LogP contribution in [-0.4, -0.2) is 59.8 Å². The smallest absolute Gasteiger partial charge is 0.186 e. The minimum Gasteiger partial charge on any atom is -0.748 e. The predicted octanol–water partition coefficient (Wildman–Crippen LogP) is 1.63. The van der Waals surface area contributed by atoms with Crippen LogP contribution in [0, 0.1) is 5.92 Å². The first-order valence-electron chi connectivity index (χ1n) is 8.47. The lowest BCUT2D eigenvalue weighted by molar-refractivity contribution is -0.590. The Hall–Kier alpha value is -1.03. The Bertz CT molecular complexity index is 855. The van der Waals surface area contributed by atoms with Gasteiger partial charge in [0.25, 0.3) is 0 Å². The zero-order valence-corrected chi connectivity index (χ0v) is 17.8. The lowest BCUT2D eigenvalue weighted by atomic mass is 9.83. The van der Waals surface area contributed by atoms with Crippen molar-refractivity contribution in [2.24, 2.45) is 5.92 Å². The first kappa shape index (κ1) is 23.0. The lowest BCUT2D eigenvalue weighted by Crippen LogP contribution is -2.46. The summed E-state index contributed by atoms with van der Waals surface area (Å²) in [5.41, 5.74) is 2.32. The summed E-state index contributed by atoms with van der Waals surface area (Å²) in [7, 11) is -8.75. The maximum Gasteiger partial charge on any atom is 0.186 e. The van der Waals surface area contributed by atoms with Gasteiger partial charge in [0.1, 0.15) is 6.54 Å². The van der Waals surface area contributed by atoms with Crippen LogP contribution in [0.2, 0.25) is 0 Å². The fourth-order valence-electron chi connectivity index (χ4n) is 3.48. The van der Waals surface area contributed by atoms with Crippen LogP contribution < -0.4 is 0 Å². The second-order valence-electron chi connectivity index (χ2n) is 7.71. The molecular formula is C17H28NO6S2-. The molecule has 0 aromatic rings. The summed E-state index contributed by atoms with van der Waals surface area (Å²) in [5.74, 6) is -1.03. The van der Waals surface area contributed by atoms with Crippen molar-refractivity contribution in [2.75, 3.05) is 18.1 Å². The summed E-state index contributed by atoms with van der Waals surface area (Å²) >= 11 is 0. The first-order valence-corrected chi connectivity index (χ1v) is 11.6.